The Labute approximate surface area is 183 Å². The predicted molar refractivity (Wildman–Crippen MR) is 119 cm³/mol. The minimum atomic E-state index is -0.234. The number of aliphatic hydroxyl groups excluding tert-OH is 1. The summed E-state index contributed by atoms with van der Waals surface area (Å²) < 4.78 is 13.6. The molecule has 1 aliphatic carbocycles. The van der Waals surface area contributed by atoms with E-state index in [-0.39, 0.29) is 36.3 Å². The molecule has 3 aliphatic rings. The third-order valence-electron chi connectivity index (χ3n) is 7.59. The molecule has 0 aromatic heterocycles. The lowest BCUT2D eigenvalue weighted by molar-refractivity contribution is -0.143. The van der Waals surface area contributed by atoms with Gasteiger partial charge >= 0.3 is 0 Å². The first-order chi connectivity index (χ1) is 15.2. The molecule has 0 bridgehead atoms. The average Bonchev–Trinajstić information content (AvgIpc) is 2.72. The second-order valence-corrected chi connectivity index (χ2v) is 9.33. The standard InChI is InChI=1S/C26H31FN2O2/c27-22-8-4-7-21(15-22)18-9-11-19(12-10-18)25-23-16-28(26(31)20-5-3-6-20)13-1-2-14-29(23)24(25)17-30/h4,7-12,15,20,23-25,30H,1-3,5-6,13-14,16-17H2/t23-,24-,25-/m0/s1. The van der Waals surface area contributed by atoms with Gasteiger partial charge in [-0.25, -0.2) is 4.39 Å². The number of hydrogen-bond donors (Lipinski definition) is 1. The number of benzene rings is 2. The topological polar surface area (TPSA) is 43.8 Å². The number of rotatable bonds is 4. The van der Waals surface area contributed by atoms with Gasteiger partial charge in [-0.1, -0.05) is 42.8 Å². The SMILES string of the molecule is O=C(C1CCC1)N1CCCCN2[C@@H](CO)[C@@H](c3ccc(-c4cccc(F)c4)cc3)[C@@H]2C1. The van der Waals surface area contributed by atoms with E-state index in [1.165, 1.54) is 18.1 Å². The van der Waals surface area contributed by atoms with Gasteiger partial charge in [0.15, 0.2) is 0 Å². The van der Waals surface area contributed by atoms with Crippen LogP contribution >= 0.6 is 0 Å². The van der Waals surface area contributed by atoms with Gasteiger partial charge in [-0.15, -0.1) is 0 Å². The fraction of sp³-hybridized carbons (Fsp3) is 0.500. The van der Waals surface area contributed by atoms with Crippen molar-refractivity contribution in [1.82, 2.24) is 9.80 Å². The summed E-state index contributed by atoms with van der Waals surface area (Å²) in [6.07, 6.45) is 5.34. The van der Waals surface area contributed by atoms with Crippen LogP contribution in [0.5, 0.6) is 0 Å². The molecule has 1 amide bonds. The zero-order chi connectivity index (χ0) is 21.4. The van der Waals surface area contributed by atoms with Gasteiger partial charge in [0.1, 0.15) is 5.82 Å². The van der Waals surface area contributed by atoms with E-state index in [1.54, 1.807) is 12.1 Å². The zero-order valence-electron chi connectivity index (χ0n) is 17.9. The molecule has 0 radical (unpaired) electrons. The monoisotopic (exact) mass is 422 g/mol. The largest absolute Gasteiger partial charge is 0.395 e. The number of hydrogen-bond acceptors (Lipinski definition) is 3. The number of nitrogens with zero attached hydrogens (tertiary/aromatic N) is 2. The molecular formula is C26H31FN2O2. The minimum Gasteiger partial charge on any atom is -0.395 e. The van der Waals surface area contributed by atoms with E-state index in [9.17, 15) is 14.3 Å². The van der Waals surface area contributed by atoms with Crippen LogP contribution in [-0.4, -0.2) is 59.1 Å². The summed E-state index contributed by atoms with van der Waals surface area (Å²) in [5.74, 6) is 0.537. The summed E-state index contributed by atoms with van der Waals surface area (Å²) in [5.41, 5.74) is 3.04. The summed E-state index contributed by atoms with van der Waals surface area (Å²) >= 11 is 0. The predicted octanol–water partition coefficient (Wildman–Crippen LogP) is 4.04. The van der Waals surface area contributed by atoms with Gasteiger partial charge in [0.2, 0.25) is 5.91 Å². The molecule has 1 N–H and O–H groups in total. The Morgan fingerprint density at radius 3 is 2.45 bits per heavy atom. The smallest absolute Gasteiger partial charge is 0.225 e. The Bertz CT molecular complexity index is 927. The Kier molecular flexibility index (Phi) is 5.81. The maximum atomic E-state index is 13.6. The Morgan fingerprint density at radius 1 is 1.00 bits per heavy atom. The lowest BCUT2D eigenvalue weighted by atomic mass is 9.74. The van der Waals surface area contributed by atoms with Crippen molar-refractivity contribution < 1.29 is 14.3 Å². The number of aliphatic hydroxyl groups is 1. The first kappa shape index (κ1) is 20.7. The first-order valence-corrected chi connectivity index (χ1v) is 11.7. The van der Waals surface area contributed by atoms with Gasteiger partial charge in [0.05, 0.1) is 6.61 Å². The van der Waals surface area contributed by atoms with Crippen LogP contribution in [0.1, 0.15) is 43.6 Å². The second kappa shape index (κ2) is 8.71. The quantitative estimate of drug-likeness (QED) is 0.809. The molecule has 2 aromatic carbocycles. The Balaban J connectivity index is 1.37. The highest BCUT2D eigenvalue weighted by Gasteiger charge is 2.49. The minimum absolute atomic E-state index is 0.101. The molecule has 3 fully saturated rings. The van der Waals surface area contributed by atoms with E-state index < -0.39 is 0 Å². The number of carbonyl (C=O) groups excluding carboxylic acids is 1. The van der Waals surface area contributed by atoms with E-state index >= 15 is 0 Å². The van der Waals surface area contributed by atoms with Crippen molar-refractivity contribution in [2.45, 2.75) is 50.1 Å². The van der Waals surface area contributed by atoms with Gasteiger partial charge in [0.25, 0.3) is 0 Å². The summed E-state index contributed by atoms with van der Waals surface area (Å²) in [5, 5.41) is 10.1. The third kappa shape index (κ3) is 3.90. The lowest BCUT2D eigenvalue weighted by Crippen LogP contribution is -2.68. The number of fused-ring (bicyclic) bond motifs is 1. The molecule has 0 spiro atoms. The Hall–Kier alpha value is -2.24. The van der Waals surface area contributed by atoms with Gasteiger partial charge in [-0.2, -0.15) is 0 Å². The Morgan fingerprint density at radius 2 is 1.77 bits per heavy atom. The summed E-state index contributed by atoms with van der Waals surface area (Å²) in [7, 11) is 0. The van der Waals surface area contributed by atoms with Crippen molar-refractivity contribution in [3.05, 3.63) is 59.9 Å². The molecule has 3 atom stereocenters. The van der Waals surface area contributed by atoms with E-state index in [4.69, 9.17) is 0 Å². The van der Waals surface area contributed by atoms with Gasteiger partial charge < -0.3 is 10.0 Å². The highest BCUT2D eigenvalue weighted by atomic mass is 19.1. The maximum absolute atomic E-state index is 13.6. The lowest BCUT2D eigenvalue weighted by Gasteiger charge is -2.57. The van der Waals surface area contributed by atoms with Crippen LogP contribution < -0.4 is 0 Å². The molecule has 164 valence electrons. The van der Waals surface area contributed by atoms with Crippen molar-refractivity contribution >= 4 is 5.91 Å². The molecule has 1 saturated carbocycles. The molecule has 2 aromatic rings. The molecule has 2 saturated heterocycles. The highest BCUT2D eigenvalue weighted by molar-refractivity contribution is 5.79. The summed E-state index contributed by atoms with van der Waals surface area (Å²) in [4.78, 5) is 17.5. The molecule has 5 heteroatoms. The van der Waals surface area contributed by atoms with E-state index in [1.807, 2.05) is 18.2 Å². The van der Waals surface area contributed by atoms with Crippen LogP contribution in [0.2, 0.25) is 0 Å². The van der Waals surface area contributed by atoms with Crippen molar-refractivity contribution in [2.75, 3.05) is 26.2 Å². The molecule has 2 aliphatic heterocycles. The van der Waals surface area contributed by atoms with Crippen LogP contribution in [0, 0.1) is 11.7 Å². The fourth-order valence-electron chi connectivity index (χ4n) is 5.62. The van der Waals surface area contributed by atoms with E-state index in [0.717, 1.165) is 56.4 Å². The number of halogens is 1. The maximum Gasteiger partial charge on any atom is 0.225 e. The molecule has 5 rings (SSSR count). The van der Waals surface area contributed by atoms with E-state index in [2.05, 4.69) is 21.9 Å². The normalized spacial score (nSPS) is 26.9. The molecular weight excluding hydrogens is 391 g/mol. The van der Waals surface area contributed by atoms with Gasteiger partial charge in [0, 0.05) is 37.0 Å². The zero-order valence-corrected chi connectivity index (χ0v) is 17.9. The van der Waals surface area contributed by atoms with Crippen molar-refractivity contribution in [2.24, 2.45) is 5.92 Å². The fourth-order valence-corrected chi connectivity index (χ4v) is 5.62. The van der Waals surface area contributed by atoms with Gasteiger partial charge in [-0.3, -0.25) is 9.69 Å². The van der Waals surface area contributed by atoms with Crippen LogP contribution in [0.4, 0.5) is 4.39 Å². The van der Waals surface area contributed by atoms with E-state index in [0.29, 0.717) is 5.91 Å². The number of amides is 1. The molecule has 4 nitrogen and oxygen atoms in total. The van der Waals surface area contributed by atoms with Crippen LogP contribution in [0.25, 0.3) is 11.1 Å². The number of carbonyl (C=O) groups is 1. The van der Waals surface area contributed by atoms with Crippen LogP contribution in [0.3, 0.4) is 0 Å². The summed E-state index contributed by atoms with van der Waals surface area (Å²) in [6, 6.07) is 15.3. The van der Waals surface area contributed by atoms with Crippen molar-refractivity contribution in [1.29, 1.82) is 0 Å². The second-order valence-electron chi connectivity index (χ2n) is 9.33. The average molecular weight is 423 g/mol. The summed E-state index contributed by atoms with van der Waals surface area (Å²) in [6.45, 7) is 2.72. The third-order valence-corrected chi connectivity index (χ3v) is 7.59. The van der Waals surface area contributed by atoms with Crippen molar-refractivity contribution in [3.63, 3.8) is 0 Å². The van der Waals surface area contributed by atoms with Gasteiger partial charge in [-0.05, 0) is 61.1 Å². The molecule has 0 unspecified atom stereocenters. The van der Waals surface area contributed by atoms with Crippen molar-refractivity contribution in [3.8, 4) is 11.1 Å². The van der Waals surface area contributed by atoms with Crippen LogP contribution in [0.15, 0.2) is 48.5 Å². The molecule has 31 heavy (non-hydrogen) atoms. The van der Waals surface area contributed by atoms with Crippen LogP contribution in [-0.2, 0) is 4.79 Å². The molecule has 2 heterocycles. The highest BCUT2D eigenvalue weighted by Crippen LogP contribution is 2.43. The first-order valence-electron chi connectivity index (χ1n) is 11.7.